The Morgan fingerprint density at radius 1 is 0.657 bits per heavy atom. The minimum atomic E-state index is -5.84. The lowest BCUT2D eigenvalue weighted by molar-refractivity contribution is -0.292. The Bertz CT molecular complexity index is 1210. The smallest absolute Gasteiger partial charge is 0.310 e. The summed E-state index contributed by atoms with van der Waals surface area (Å²) < 4.78 is 84.8. The zero-order chi connectivity index (χ0) is 25.3. The van der Waals surface area contributed by atoms with Gasteiger partial charge in [-0.15, -0.1) is 0 Å². The molecule has 0 bridgehead atoms. The van der Waals surface area contributed by atoms with E-state index in [0.717, 1.165) is 5.56 Å². The Balaban J connectivity index is 1.95. The molecule has 1 aliphatic rings. The summed E-state index contributed by atoms with van der Waals surface area (Å²) in [5.41, 5.74) is -3.68. The highest BCUT2D eigenvalue weighted by Gasteiger charge is 2.74. The Morgan fingerprint density at radius 2 is 1.11 bits per heavy atom. The maximum Gasteiger partial charge on any atom is 0.443 e. The number of hydrogen-bond donors (Lipinski definition) is 0. The minimum absolute atomic E-state index is 0.0327. The van der Waals surface area contributed by atoms with Crippen LogP contribution in [0.5, 0.6) is 0 Å². The largest absolute Gasteiger partial charge is 0.443 e. The molecule has 35 heavy (non-hydrogen) atoms. The molecule has 0 unspecified atom stereocenters. The van der Waals surface area contributed by atoms with E-state index in [9.17, 15) is 26.3 Å². The van der Waals surface area contributed by atoms with Crippen molar-refractivity contribution in [2.45, 2.75) is 24.4 Å². The Labute approximate surface area is 202 Å². The number of nitrogens with zero attached hydrogens (tertiary/aromatic N) is 3. The maximum absolute atomic E-state index is 14.1. The number of rotatable bonds is 5. The van der Waals surface area contributed by atoms with E-state index in [1.54, 1.807) is 18.2 Å². The maximum atomic E-state index is 14.1. The first-order chi connectivity index (χ1) is 16.5. The van der Waals surface area contributed by atoms with Crippen molar-refractivity contribution in [3.8, 4) is 0 Å². The number of alkyl halides is 6. The molecule has 3 aromatic carbocycles. The van der Waals surface area contributed by atoms with E-state index in [4.69, 9.17) is 11.6 Å². The normalized spacial score (nSPS) is 16.0. The molecule has 1 heterocycles. The highest BCUT2D eigenvalue weighted by molar-refractivity contribution is 6.30. The van der Waals surface area contributed by atoms with Crippen molar-refractivity contribution in [1.82, 2.24) is 4.90 Å². The molecule has 0 aromatic heterocycles. The molecule has 0 N–H and O–H groups in total. The van der Waals surface area contributed by atoms with Crippen LogP contribution in [0, 0.1) is 0 Å². The molecule has 0 radical (unpaired) electrons. The monoisotopic (exact) mass is 509 g/mol. The summed E-state index contributed by atoms with van der Waals surface area (Å²) >= 11 is 5.92. The van der Waals surface area contributed by atoms with E-state index < -0.39 is 29.7 Å². The van der Waals surface area contributed by atoms with Gasteiger partial charge in [-0.1, -0.05) is 72.3 Å². The van der Waals surface area contributed by atoms with Gasteiger partial charge in [0.2, 0.25) is 0 Å². The fraction of sp³-hybridized carbons (Fsp3) is 0.200. The number of amidine groups is 2. The van der Waals surface area contributed by atoms with E-state index in [-0.39, 0.29) is 22.7 Å². The van der Waals surface area contributed by atoms with E-state index >= 15 is 0 Å². The van der Waals surface area contributed by atoms with E-state index in [2.05, 4.69) is 9.98 Å². The Morgan fingerprint density at radius 3 is 1.60 bits per heavy atom. The second kappa shape index (κ2) is 9.37. The predicted molar refractivity (Wildman–Crippen MR) is 123 cm³/mol. The molecule has 0 atom stereocenters. The zero-order valence-electron chi connectivity index (χ0n) is 18.0. The van der Waals surface area contributed by atoms with Crippen molar-refractivity contribution in [3.05, 3.63) is 107 Å². The van der Waals surface area contributed by atoms with Crippen LogP contribution in [0.4, 0.5) is 26.3 Å². The molecule has 4 rings (SSSR count). The molecule has 3 nitrogen and oxygen atoms in total. The van der Waals surface area contributed by atoms with Crippen molar-refractivity contribution < 1.29 is 26.3 Å². The molecule has 0 aliphatic carbocycles. The summed E-state index contributed by atoms with van der Waals surface area (Å²) in [5.74, 6) is -0.975. The molecule has 0 saturated heterocycles. The third kappa shape index (κ3) is 4.91. The van der Waals surface area contributed by atoms with Gasteiger partial charge in [0.15, 0.2) is 0 Å². The van der Waals surface area contributed by atoms with E-state index in [0.29, 0.717) is 6.42 Å². The molecule has 0 fully saturated rings. The van der Waals surface area contributed by atoms with Crippen LogP contribution in [0.25, 0.3) is 0 Å². The topological polar surface area (TPSA) is 28.0 Å². The van der Waals surface area contributed by atoms with Crippen molar-refractivity contribution >= 4 is 23.3 Å². The summed E-state index contributed by atoms with van der Waals surface area (Å²) in [4.78, 5) is 7.87. The van der Waals surface area contributed by atoms with Gasteiger partial charge in [-0.25, -0.2) is 9.98 Å². The van der Waals surface area contributed by atoms with Gasteiger partial charge in [-0.05, 0) is 36.2 Å². The number of aliphatic imine (C=N–C) groups is 2. The van der Waals surface area contributed by atoms with Crippen molar-refractivity contribution in [3.63, 3.8) is 0 Å². The standard InChI is InChI=1S/C25H18ClF6N3/c26-20-13-11-19(12-14-20)22-34-23(24(27,28)29,25(30,31)32)33-21(18-9-5-2-6-10-18)35(22)16-15-17-7-3-1-4-8-17/h1-14H,15-16H2. The van der Waals surface area contributed by atoms with Crippen LogP contribution in [0.3, 0.4) is 0 Å². The lowest BCUT2D eigenvalue weighted by Crippen LogP contribution is -2.59. The fourth-order valence-electron chi connectivity index (χ4n) is 3.69. The molecule has 3 aromatic rings. The first-order valence-corrected chi connectivity index (χ1v) is 10.9. The third-order valence-corrected chi connectivity index (χ3v) is 5.69. The molecular weight excluding hydrogens is 492 g/mol. The Kier molecular flexibility index (Phi) is 6.64. The molecule has 0 saturated carbocycles. The fourth-order valence-corrected chi connectivity index (χ4v) is 3.82. The minimum Gasteiger partial charge on any atom is -0.310 e. The van der Waals surface area contributed by atoms with Crippen LogP contribution in [0.1, 0.15) is 16.7 Å². The van der Waals surface area contributed by atoms with Crippen LogP contribution in [-0.2, 0) is 6.42 Å². The van der Waals surface area contributed by atoms with Gasteiger partial charge in [0.05, 0.1) is 0 Å². The van der Waals surface area contributed by atoms with Gasteiger partial charge >= 0.3 is 18.0 Å². The first-order valence-electron chi connectivity index (χ1n) is 10.5. The van der Waals surface area contributed by atoms with Crippen LogP contribution in [0.15, 0.2) is 94.9 Å². The van der Waals surface area contributed by atoms with Crippen LogP contribution in [-0.4, -0.2) is 41.1 Å². The van der Waals surface area contributed by atoms with Crippen molar-refractivity contribution in [2.24, 2.45) is 9.98 Å². The molecule has 0 spiro atoms. The second-order valence-corrected chi connectivity index (χ2v) is 8.24. The van der Waals surface area contributed by atoms with Crippen LogP contribution < -0.4 is 0 Å². The Hall–Kier alpha value is -3.33. The molecule has 10 heteroatoms. The zero-order valence-corrected chi connectivity index (χ0v) is 18.7. The lowest BCUT2D eigenvalue weighted by Gasteiger charge is -2.39. The highest BCUT2D eigenvalue weighted by atomic mass is 35.5. The highest BCUT2D eigenvalue weighted by Crippen LogP contribution is 2.49. The number of benzene rings is 3. The third-order valence-electron chi connectivity index (χ3n) is 5.44. The molecule has 182 valence electrons. The molecule has 1 aliphatic heterocycles. The van der Waals surface area contributed by atoms with E-state index in [1.807, 2.05) is 18.2 Å². The number of hydrogen-bond acceptors (Lipinski definition) is 3. The van der Waals surface area contributed by atoms with Crippen molar-refractivity contribution in [2.75, 3.05) is 6.54 Å². The average Bonchev–Trinajstić information content (AvgIpc) is 2.82. The van der Waals surface area contributed by atoms with Crippen LogP contribution in [0.2, 0.25) is 5.02 Å². The van der Waals surface area contributed by atoms with Gasteiger partial charge in [0.25, 0.3) is 0 Å². The van der Waals surface area contributed by atoms with Crippen molar-refractivity contribution in [1.29, 1.82) is 0 Å². The lowest BCUT2D eigenvalue weighted by atomic mass is 10.0. The second-order valence-electron chi connectivity index (χ2n) is 7.80. The van der Waals surface area contributed by atoms with Gasteiger partial charge in [-0.2, -0.15) is 26.3 Å². The number of halogens is 7. The van der Waals surface area contributed by atoms with Gasteiger partial charge < -0.3 is 4.90 Å². The average molecular weight is 510 g/mol. The van der Waals surface area contributed by atoms with Gasteiger partial charge in [0.1, 0.15) is 11.7 Å². The van der Waals surface area contributed by atoms with Crippen LogP contribution >= 0.6 is 11.6 Å². The predicted octanol–water partition coefficient (Wildman–Crippen LogP) is 6.91. The van der Waals surface area contributed by atoms with Gasteiger partial charge in [0, 0.05) is 22.7 Å². The summed E-state index contributed by atoms with van der Waals surface area (Å²) in [5, 5.41) is 0.274. The summed E-state index contributed by atoms with van der Waals surface area (Å²) in [7, 11) is 0. The molecule has 0 amide bonds. The summed E-state index contributed by atoms with van der Waals surface area (Å²) in [6, 6.07) is 21.9. The summed E-state index contributed by atoms with van der Waals surface area (Å²) in [6.45, 7) is 0.0327. The SMILES string of the molecule is FC(F)(F)C1(C(F)(F)F)N=C(c2ccccc2)N(CCc2ccccc2)C(c2ccc(Cl)cc2)=N1. The van der Waals surface area contributed by atoms with Gasteiger partial charge in [-0.3, -0.25) is 0 Å². The first kappa shape index (κ1) is 24.8. The van der Waals surface area contributed by atoms with E-state index in [1.165, 1.54) is 53.4 Å². The summed E-state index contributed by atoms with van der Waals surface area (Å²) in [6.07, 6.45) is -11.4. The quantitative estimate of drug-likeness (QED) is 0.343. The molecular formula is C25H18ClF6N3.